The molecular formula is C32H29ClN2O5. The van der Waals surface area contributed by atoms with Crippen LogP contribution in [-0.2, 0) is 29.1 Å². The van der Waals surface area contributed by atoms with E-state index >= 15 is 0 Å². The molecule has 0 aromatic heterocycles. The third kappa shape index (κ3) is 6.93. The van der Waals surface area contributed by atoms with Crippen molar-refractivity contribution in [1.29, 1.82) is 0 Å². The normalized spacial score (nSPS) is 12.4. The maximum absolute atomic E-state index is 13.8. The van der Waals surface area contributed by atoms with Gasteiger partial charge in [0.25, 0.3) is 5.91 Å². The lowest BCUT2D eigenvalue weighted by atomic mass is 10.0. The lowest BCUT2D eigenvalue weighted by Gasteiger charge is -2.31. The summed E-state index contributed by atoms with van der Waals surface area (Å²) in [5.41, 5.74) is 2.69. The molecule has 40 heavy (non-hydrogen) atoms. The van der Waals surface area contributed by atoms with E-state index in [1.165, 1.54) is 0 Å². The van der Waals surface area contributed by atoms with Crippen molar-refractivity contribution in [3.63, 3.8) is 0 Å². The molecule has 0 aliphatic carbocycles. The minimum atomic E-state index is -0.793. The lowest BCUT2D eigenvalue weighted by Crippen LogP contribution is -2.51. The summed E-state index contributed by atoms with van der Waals surface area (Å²) in [6.45, 7) is 0.416. The van der Waals surface area contributed by atoms with Crippen molar-refractivity contribution in [2.75, 3.05) is 13.4 Å². The second-order valence-electron chi connectivity index (χ2n) is 9.34. The number of nitrogens with zero attached hydrogens (tertiary/aromatic N) is 1. The van der Waals surface area contributed by atoms with Crippen LogP contribution in [-0.4, -0.2) is 36.2 Å². The van der Waals surface area contributed by atoms with Crippen LogP contribution in [0.3, 0.4) is 0 Å². The van der Waals surface area contributed by atoms with Gasteiger partial charge in [0, 0.05) is 19.5 Å². The van der Waals surface area contributed by atoms with Crippen LogP contribution in [0.2, 0.25) is 5.02 Å². The summed E-state index contributed by atoms with van der Waals surface area (Å²) in [6, 6.07) is 31.0. The van der Waals surface area contributed by atoms with Crippen LogP contribution in [0.1, 0.15) is 16.7 Å². The highest BCUT2D eigenvalue weighted by molar-refractivity contribution is 6.32. The first-order chi connectivity index (χ1) is 19.6. The van der Waals surface area contributed by atoms with Gasteiger partial charge in [-0.2, -0.15) is 0 Å². The molecule has 1 unspecified atom stereocenters. The molecule has 8 heteroatoms. The highest BCUT2D eigenvalue weighted by Gasteiger charge is 2.31. The molecule has 1 atom stereocenters. The van der Waals surface area contributed by atoms with Gasteiger partial charge in [-0.05, 0) is 41.0 Å². The molecule has 0 radical (unpaired) electrons. The molecule has 0 spiro atoms. The number of nitrogens with one attached hydrogen (secondary N) is 1. The van der Waals surface area contributed by atoms with Crippen LogP contribution in [0.4, 0.5) is 0 Å². The van der Waals surface area contributed by atoms with Gasteiger partial charge >= 0.3 is 0 Å². The Bertz CT molecular complexity index is 1450. The van der Waals surface area contributed by atoms with E-state index in [0.717, 1.165) is 16.7 Å². The Morgan fingerprint density at radius 3 is 2.25 bits per heavy atom. The Morgan fingerprint density at radius 1 is 0.825 bits per heavy atom. The first kappa shape index (κ1) is 27.1. The highest BCUT2D eigenvalue weighted by Crippen LogP contribution is 2.32. The predicted molar refractivity (Wildman–Crippen MR) is 152 cm³/mol. The van der Waals surface area contributed by atoms with Crippen molar-refractivity contribution in [2.24, 2.45) is 0 Å². The smallest absolute Gasteiger partial charge is 0.261 e. The summed E-state index contributed by atoms with van der Waals surface area (Å²) in [5, 5.41) is 3.43. The van der Waals surface area contributed by atoms with Crippen molar-refractivity contribution in [3.05, 3.63) is 125 Å². The van der Waals surface area contributed by atoms with Gasteiger partial charge in [-0.25, -0.2) is 0 Å². The zero-order valence-electron chi connectivity index (χ0n) is 21.8. The highest BCUT2D eigenvalue weighted by atomic mass is 35.5. The van der Waals surface area contributed by atoms with Gasteiger partial charge in [0.1, 0.15) is 11.8 Å². The Hall–Kier alpha value is -4.49. The van der Waals surface area contributed by atoms with E-state index in [0.29, 0.717) is 28.7 Å². The Kier molecular flexibility index (Phi) is 8.83. The summed E-state index contributed by atoms with van der Waals surface area (Å²) < 4.78 is 16.6. The van der Waals surface area contributed by atoms with Gasteiger partial charge in [0.15, 0.2) is 18.1 Å². The monoisotopic (exact) mass is 556 g/mol. The fourth-order valence-electron chi connectivity index (χ4n) is 4.48. The maximum Gasteiger partial charge on any atom is 0.261 e. The summed E-state index contributed by atoms with van der Waals surface area (Å²) in [6.07, 6.45) is 0.332. The summed E-state index contributed by atoms with van der Waals surface area (Å²) in [7, 11) is 0. The van der Waals surface area contributed by atoms with E-state index < -0.39 is 6.04 Å². The molecule has 2 amide bonds. The van der Waals surface area contributed by atoms with Crippen LogP contribution in [0.25, 0.3) is 0 Å². The van der Waals surface area contributed by atoms with Crippen molar-refractivity contribution < 1.29 is 23.8 Å². The van der Waals surface area contributed by atoms with Crippen LogP contribution in [0.15, 0.2) is 103 Å². The van der Waals surface area contributed by atoms with E-state index in [1.807, 2.05) is 78.9 Å². The molecule has 1 heterocycles. The van der Waals surface area contributed by atoms with Crippen LogP contribution >= 0.6 is 11.6 Å². The second-order valence-corrected chi connectivity index (χ2v) is 9.74. The van der Waals surface area contributed by atoms with Gasteiger partial charge < -0.3 is 24.4 Å². The maximum atomic E-state index is 13.8. The number of hydrogen-bond donors (Lipinski definition) is 1. The third-order valence-corrected chi connectivity index (χ3v) is 6.87. The zero-order chi connectivity index (χ0) is 27.7. The molecule has 1 aliphatic rings. The number of halogens is 1. The fourth-order valence-corrected chi connectivity index (χ4v) is 4.67. The first-order valence-electron chi connectivity index (χ1n) is 13.0. The van der Waals surface area contributed by atoms with Crippen molar-refractivity contribution in [3.8, 4) is 17.2 Å². The van der Waals surface area contributed by atoms with Crippen LogP contribution < -0.4 is 19.5 Å². The molecule has 4 aromatic carbocycles. The molecule has 1 aliphatic heterocycles. The average molecular weight is 557 g/mol. The first-order valence-corrected chi connectivity index (χ1v) is 13.4. The number of carbonyl (C=O) groups is 2. The van der Waals surface area contributed by atoms with Crippen molar-refractivity contribution in [2.45, 2.75) is 25.6 Å². The number of ether oxygens (including phenoxy) is 3. The predicted octanol–water partition coefficient (Wildman–Crippen LogP) is 5.40. The van der Waals surface area contributed by atoms with E-state index in [4.69, 9.17) is 25.8 Å². The largest absolute Gasteiger partial charge is 0.482 e. The van der Waals surface area contributed by atoms with Gasteiger partial charge in [-0.1, -0.05) is 90.5 Å². The molecule has 0 bridgehead atoms. The van der Waals surface area contributed by atoms with E-state index in [9.17, 15) is 9.59 Å². The number of hydrogen-bond acceptors (Lipinski definition) is 5. The van der Waals surface area contributed by atoms with Crippen LogP contribution in [0, 0.1) is 0 Å². The van der Waals surface area contributed by atoms with E-state index in [2.05, 4.69) is 5.32 Å². The van der Waals surface area contributed by atoms with E-state index in [-0.39, 0.29) is 38.3 Å². The molecule has 5 rings (SSSR count). The Balaban J connectivity index is 1.39. The van der Waals surface area contributed by atoms with Crippen molar-refractivity contribution in [1.82, 2.24) is 10.2 Å². The molecule has 4 aromatic rings. The minimum absolute atomic E-state index is 0.178. The molecule has 0 saturated heterocycles. The molecule has 0 fully saturated rings. The number of benzene rings is 4. The lowest BCUT2D eigenvalue weighted by molar-refractivity contribution is -0.142. The number of fused-ring (bicyclic) bond motifs is 1. The SMILES string of the molecule is O=C(NCc1ccc2c(c1)OCO2)C(Cc1ccccc1)N(Cc1ccccc1)C(=O)COc1ccccc1Cl. The van der Waals surface area contributed by atoms with Gasteiger partial charge in [0.2, 0.25) is 12.7 Å². The summed E-state index contributed by atoms with van der Waals surface area (Å²) in [5.74, 6) is 1.12. The molecule has 0 saturated carbocycles. The van der Waals surface area contributed by atoms with Gasteiger partial charge in [0.05, 0.1) is 5.02 Å². The Labute approximate surface area is 238 Å². The number of carbonyl (C=O) groups excluding carboxylic acids is 2. The fraction of sp³-hybridized carbons (Fsp3) is 0.188. The summed E-state index contributed by atoms with van der Waals surface area (Å²) >= 11 is 6.24. The topological polar surface area (TPSA) is 77.1 Å². The van der Waals surface area contributed by atoms with Gasteiger partial charge in [-0.3, -0.25) is 9.59 Å². The van der Waals surface area contributed by atoms with Gasteiger partial charge in [-0.15, -0.1) is 0 Å². The molecular weight excluding hydrogens is 528 g/mol. The van der Waals surface area contributed by atoms with E-state index in [1.54, 1.807) is 29.2 Å². The zero-order valence-corrected chi connectivity index (χ0v) is 22.6. The Morgan fingerprint density at radius 2 is 1.50 bits per heavy atom. The third-order valence-electron chi connectivity index (χ3n) is 6.56. The second kappa shape index (κ2) is 13.0. The average Bonchev–Trinajstić information content (AvgIpc) is 3.46. The number of rotatable bonds is 11. The number of para-hydroxylation sites is 1. The minimum Gasteiger partial charge on any atom is -0.482 e. The quantitative estimate of drug-likeness (QED) is 0.267. The van der Waals surface area contributed by atoms with Crippen LogP contribution in [0.5, 0.6) is 17.2 Å². The standard InChI is InChI=1S/C32H29ClN2O5/c33-26-13-7-8-14-28(26)38-21-31(36)35(20-24-11-5-2-6-12-24)27(17-23-9-3-1-4-10-23)32(37)34-19-25-15-16-29-30(18-25)40-22-39-29/h1-16,18,27H,17,19-22H2,(H,34,37). The molecule has 1 N–H and O–H groups in total. The number of amides is 2. The molecule has 204 valence electrons. The molecule has 7 nitrogen and oxygen atoms in total. The summed E-state index contributed by atoms with van der Waals surface area (Å²) in [4.78, 5) is 29.1. The van der Waals surface area contributed by atoms with Crippen molar-refractivity contribution >= 4 is 23.4 Å².